The molecule has 0 aromatic heterocycles. The van der Waals surface area contributed by atoms with Gasteiger partial charge in [-0.05, 0) is 43.0 Å². The Balaban J connectivity index is 1.60. The molecule has 7 heteroatoms. The second kappa shape index (κ2) is 6.81. The Hall–Kier alpha value is -2.08. The van der Waals surface area contributed by atoms with Crippen molar-refractivity contribution in [3.8, 4) is 0 Å². The zero-order chi connectivity index (χ0) is 17.3. The van der Waals surface area contributed by atoms with Crippen LogP contribution in [0.1, 0.15) is 26.2 Å². The third-order valence-corrected chi connectivity index (χ3v) is 4.78. The average molecular weight is 350 g/mol. The van der Waals surface area contributed by atoms with Crippen molar-refractivity contribution < 1.29 is 14.4 Å². The number of anilines is 1. The topological polar surface area (TPSA) is 69.7 Å². The van der Waals surface area contributed by atoms with Crippen molar-refractivity contribution in [3.05, 3.63) is 29.3 Å². The maximum Gasteiger partial charge on any atom is 0.329 e. The van der Waals surface area contributed by atoms with Crippen molar-refractivity contribution >= 4 is 35.1 Å². The van der Waals surface area contributed by atoms with E-state index in [0.29, 0.717) is 23.0 Å². The van der Waals surface area contributed by atoms with Gasteiger partial charge in [-0.2, -0.15) is 0 Å². The van der Waals surface area contributed by atoms with Crippen LogP contribution in [0.25, 0.3) is 0 Å². The molecule has 0 bridgehead atoms. The molecular weight excluding hydrogens is 330 g/mol. The molecule has 128 valence electrons. The molecule has 2 aliphatic heterocycles. The molecule has 1 aromatic rings. The summed E-state index contributed by atoms with van der Waals surface area (Å²) in [6, 6.07) is 5.38. The van der Waals surface area contributed by atoms with Gasteiger partial charge in [0.05, 0.1) is 5.69 Å². The number of carbonyl (C=O) groups excluding carboxylic acids is 3. The first-order chi connectivity index (χ1) is 11.5. The van der Waals surface area contributed by atoms with Crippen LogP contribution >= 0.6 is 11.6 Å². The van der Waals surface area contributed by atoms with Gasteiger partial charge < -0.3 is 10.2 Å². The number of carbonyl (C=O) groups is 3. The Morgan fingerprint density at radius 1 is 1.29 bits per heavy atom. The van der Waals surface area contributed by atoms with Crippen LogP contribution in [0.15, 0.2) is 24.3 Å². The molecule has 1 N–H and O–H groups in total. The molecule has 2 aliphatic rings. The minimum atomic E-state index is -0.655. The van der Waals surface area contributed by atoms with Gasteiger partial charge in [-0.25, -0.2) is 9.69 Å². The Labute approximate surface area is 145 Å². The first-order valence-corrected chi connectivity index (χ1v) is 8.51. The van der Waals surface area contributed by atoms with Gasteiger partial charge in [0, 0.05) is 24.5 Å². The van der Waals surface area contributed by atoms with E-state index in [1.165, 1.54) is 0 Å². The second-order valence-electron chi connectivity index (χ2n) is 6.42. The Bertz CT molecular complexity index is 662. The Morgan fingerprint density at radius 2 is 2.00 bits per heavy atom. The minimum Gasteiger partial charge on any atom is -0.342 e. The Kier molecular flexibility index (Phi) is 4.76. The van der Waals surface area contributed by atoms with Crippen LogP contribution in [0.4, 0.5) is 10.5 Å². The third-order valence-electron chi connectivity index (χ3n) is 4.53. The number of amides is 4. The molecule has 4 amide bonds. The third kappa shape index (κ3) is 3.38. The molecule has 2 unspecified atom stereocenters. The molecule has 0 saturated carbocycles. The predicted octanol–water partition coefficient (Wildman–Crippen LogP) is 2.41. The molecule has 24 heavy (non-hydrogen) atoms. The summed E-state index contributed by atoms with van der Waals surface area (Å²) in [7, 11) is 0. The smallest absolute Gasteiger partial charge is 0.329 e. The van der Waals surface area contributed by atoms with Gasteiger partial charge in [0.25, 0.3) is 5.91 Å². The van der Waals surface area contributed by atoms with Crippen LogP contribution in [-0.4, -0.2) is 41.9 Å². The van der Waals surface area contributed by atoms with E-state index in [-0.39, 0.29) is 18.2 Å². The number of hydrogen-bond acceptors (Lipinski definition) is 3. The van der Waals surface area contributed by atoms with Gasteiger partial charge in [0.2, 0.25) is 5.91 Å². The van der Waals surface area contributed by atoms with E-state index in [9.17, 15) is 14.4 Å². The normalized spacial score (nSPS) is 23.8. The average Bonchev–Trinajstić information content (AvgIpc) is 3.10. The fourth-order valence-corrected chi connectivity index (χ4v) is 3.28. The van der Waals surface area contributed by atoms with Gasteiger partial charge in [-0.3, -0.25) is 9.59 Å². The van der Waals surface area contributed by atoms with Gasteiger partial charge >= 0.3 is 6.03 Å². The molecular formula is C17H20ClN3O3. The largest absolute Gasteiger partial charge is 0.342 e. The summed E-state index contributed by atoms with van der Waals surface area (Å²) in [6.45, 7) is 3.68. The first-order valence-electron chi connectivity index (χ1n) is 8.13. The standard InChI is InChI=1S/C17H20ClN3O3/c1-11-8-9-20(10-11)15(22)7-6-14-16(23)21(17(24)19-14)13-4-2-12(18)3-5-13/h2-5,11,14H,6-10H2,1H3,(H,19,24). The molecule has 0 spiro atoms. The molecule has 1 aromatic carbocycles. The highest BCUT2D eigenvalue weighted by Gasteiger charge is 2.39. The van der Waals surface area contributed by atoms with E-state index < -0.39 is 12.1 Å². The number of benzene rings is 1. The number of likely N-dealkylation sites (tertiary alicyclic amines) is 1. The maximum absolute atomic E-state index is 12.5. The fourth-order valence-electron chi connectivity index (χ4n) is 3.15. The van der Waals surface area contributed by atoms with E-state index in [1.807, 2.05) is 4.90 Å². The number of hydrogen-bond donors (Lipinski definition) is 1. The second-order valence-corrected chi connectivity index (χ2v) is 6.86. The maximum atomic E-state index is 12.5. The van der Waals surface area contributed by atoms with Crippen LogP contribution in [0.3, 0.4) is 0 Å². The van der Waals surface area contributed by atoms with Crippen molar-refractivity contribution in [1.29, 1.82) is 0 Å². The zero-order valence-corrected chi connectivity index (χ0v) is 14.3. The lowest BCUT2D eigenvalue weighted by Crippen LogP contribution is -2.33. The van der Waals surface area contributed by atoms with Crippen LogP contribution in [0.5, 0.6) is 0 Å². The van der Waals surface area contributed by atoms with Gasteiger partial charge in [0.1, 0.15) is 6.04 Å². The summed E-state index contributed by atoms with van der Waals surface area (Å²) in [6.07, 6.45) is 1.60. The lowest BCUT2D eigenvalue weighted by Gasteiger charge is -2.17. The van der Waals surface area contributed by atoms with E-state index in [1.54, 1.807) is 24.3 Å². The van der Waals surface area contributed by atoms with E-state index in [0.717, 1.165) is 24.4 Å². The molecule has 3 rings (SSSR count). The summed E-state index contributed by atoms with van der Waals surface area (Å²) in [4.78, 5) is 39.7. The van der Waals surface area contributed by atoms with Crippen molar-refractivity contribution in [2.45, 2.75) is 32.2 Å². The number of urea groups is 1. The highest BCUT2D eigenvalue weighted by atomic mass is 35.5. The fraction of sp³-hybridized carbons (Fsp3) is 0.471. The predicted molar refractivity (Wildman–Crippen MR) is 90.9 cm³/mol. The van der Waals surface area contributed by atoms with Crippen LogP contribution < -0.4 is 10.2 Å². The first kappa shape index (κ1) is 16.8. The van der Waals surface area contributed by atoms with Crippen LogP contribution in [-0.2, 0) is 9.59 Å². The summed E-state index contributed by atoms with van der Waals surface area (Å²) < 4.78 is 0. The molecule has 2 atom stereocenters. The summed E-state index contributed by atoms with van der Waals surface area (Å²) >= 11 is 5.83. The zero-order valence-electron chi connectivity index (χ0n) is 13.5. The molecule has 0 aliphatic carbocycles. The van der Waals surface area contributed by atoms with Gasteiger partial charge in [0.15, 0.2) is 0 Å². The number of rotatable bonds is 4. The van der Waals surface area contributed by atoms with Crippen molar-refractivity contribution in [2.75, 3.05) is 18.0 Å². The molecule has 2 fully saturated rings. The monoisotopic (exact) mass is 349 g/mol. The highest BCUT2D eigenvalue weighted by molar-refractivity contribution is 6.30. The number of imide groups is 1. The van der Waals surface area contributed by atoms with Crippen molar-refractivity contribution in [2.24, 2.45) is 5.92 Å². The van der Waals surface area contributed by atoms with E-state index in [2.05, 4.69) is 12.2 Å². The summed E-state index contributed by atoms with van der Waals surface area (Å²) in [5, 5.41) is 3.19. The minimum absolute atomic E-state index is 0.0475. The Morgan fingerprint density at radius 3 is 2.62 bits per heavy atom. The quantitative estimate of drug-likeness (QED) is 0.849. The molecule has 6 nitrogen and oxygen atoms in total. The summed E-state index contributed by atoms with van der Waals surface area (Å²) in [5.74, 6) is 0.249. The SMILES string of the molecule is CC1CCN(C(=O)CCC2NC(=O)N(c3ccc(Cl)cc3)C2=O)C1. The van der Waals surface area contributed by atoms with Crippen LogP contribution in [0, 0.1) is 5.92 Å². The van der Waals surface area contributed by atoms with Crippen molar-refractivity contribution in [1.82, 2.24) is 10.2 Å². The van der Waals surface area contributed by atoms with Gasteiger partial charge in [-0.1, -0.05) is 18.5 Å². The summed E-state index contributed by atoms with van der Waals surface area (Å²) in [5.41, 5.74) is 0.476. The molecule has 2 saturated heterocycles. The molecule has 0 radical (unpaired) electrons. The van der Waals surface area contributed by atoms with Crippen molar-refractivity contribution in [3.63, 3.8) is 0 Å². The van der Waals surface area contributed by atoms with Gasteiger partial charge in [-0.15, -0.1) is 0 Å². The van der Waals surface area contributed by atoms with E-state index in [4.69, 9.17) is 11.6 Å². The van der Waals surface area contributed by atoms with Crippen LogP contribution in [0.2, 0.25) is 5.02 Å². The lowest BCUT2D eigenvalue weighted by molar-refractivity contribution is -0.130. The van der Waals surface area contributed by atoms with E-state index >= 15 is 0 Å². The number of nitrogens with zero attached hydrogens (tertiary/aromatic N) is 2. The highest BCUT2D eigenvalue weighted by Crippen LogP contribution is 2.23. The molecule has 2 heterocycles. The number of halogens is 1. The number of nitrogens with one attached hydrogen (secondary N) is 1. The lowest BCUT2D eigenvalue weighted by atomic mass is 10.1.